The van der Waals surface area contributed by atoms with Crippen LogP contribution in [0.1, 0.15) is 24.4 Å². The van der Waals surface area contributed by atoms with Crippen molar-refractivity contribution in [3.05, 3.63) is 76.7 Å². The summed E-state index contributed by atoms with van der Waals surface area (Å²) in [6.45, 7) is 3.73. The van der Waals surface area contributed by atoms with Gasteiger partial charge in [0.05, 0.1) is 23.1 Å². The lowest BCUT2D eigenvalue weighted by Gasteiger charge is -2.15. The number of nitrogens with zero attached hydrogens (tertiary/aromatic N) is 7. The van der Waals surface area contributed by atoms with Crippen LogP contribution in [-0.4, -0.2) is 33.9 Å². The van der Waals surface area contributed by atoms with Crippen molar-refractivity contribution in [1.29, 1.82) is 0 Å². The van der Waals surface area contributed by atoms with Crippen molar-refractivity contribution < 1.29 is 4.39 Å². The lowest BCUT2D eigenvalue weighted by molar-refractivity contribution is 0.575. The Hall–Kier alpha value is -3.88. The van der Waals surface area contributed by atoms with Crippen molar-refractivity contribution in [2.75, 3.05) is 0 Å². The number of fused-ring (bicyclic) bond motifs is 2. The molecule has 0 N–H and O–H groups in total. The van der Waals surface area contributed by atoms with Crippen molar-refractivity contribution in [2.24, 2.45) is 7.05 Å². The van der Waals surface area contributed by atoms with E-state index < -0.39 is 11.9 Å². The maximum Gasteiger partial charge on any atom is 0.260 e. The van der Waals surface area contributed by atoms with Gasteiger partial charge in [0.2, 0.25) is 0 Å². The number of pyridine rings is 3. The molecule has 5 aromatic heterocycles. The van der Waals surface area contributed by atoms with Crippen LogP contribution in [0.2, 0.25) is 0 Å². The normalized spacial score (nSPS) is 12.7. The van der Waals surface area contributed by atoms with Crippen LogP contribution in [0.3, 0.4) is 0 Å². The van der Waals surface area contributed by atoms with E-state index >= 15 is 0 Å². The summed E-state index contributed by atoms with van der Waals surface area (Å²) in [5.41, 5.74) is 2.88. The van der Waals surface area contributed by atoms with Crippen LogP contribution in [0.25, 0.3) is 27.7 Å². The molecule has 0 saturated carbocycles. The maximum absolute atomic E-state index is 14.7. The summed E-state index contributed by atoms with van der Waals surface area (Å²) in [6, 6.07) is 4.54. The molecular weight excluding hydrogens is 385 g/mol. The van der Waals surface area contributed by atoms with Gasteiger partial charge >= 0.3 is 0 Å². The highest BCUT2D eigenvalue weighted by molar-refractivity contribution is 5.77. The molecule has 0 aliphatic carbocycles. The Bertz CT molecular complexity index is 1480. The number of hydrogen-bond acceptors (Lipinski definition) is 5. The van der Waals surface area contributed by atoms with E-state index in [0.717, 1.165) is 11.1 Å². The second-order valence-electron chi connectivity index (χ2n) is 7.38. The van der Waals surface area contributed by atoms with Gasteiger partial charge in [0, 0.05) is 43.0 Å². The molecule has 150 valence electrons. The van der Waals surface area contributed by atoms with E-state index in [9.17, 15) is 9.18 Å². The molecule has 1 atom stereocenters. The predicted molar refractivity (Wildman–Crippen MR) is 110 cm³/mol. The highest BCUT2D eigenvalue weighted by atomic mass is 19.1. The molecule has 0 aliphatic heterocycles. The molecule has 0 aliphatic rings. The first-order valence-corrected chi connectivity index (χ1v) is 9.43. The average molecular weight is 403 g/mol. The van der Waals surface area contributed by atoms with Crippen LogP contribution >= 0.6 is 0 Å². The monoisotopic (exact) mass is 403 g/mol. The molecular formula is C21H18FN7O. The minimum absolute atomic E-state index is 0.107. The van der Waals surface area contributed by atoms with E-state index in [1.165, 1.54) is 6.07 Å². The Kier molecular flexibility index (Phi) is 3.99. The molecule has 0 amide bonds. The Morgan fingerprint density at radius 3 is 2.70 bits per heavy atom. The van der Waals surface area contributed by atoms with Gasteiger partial charge in [-0.05, 0) is 37.6 Å². The van der Waals surface area contributed by atoms with E-state index in [0.29, 0.717) is 22.3 Å². The first-order valence-electron chi connectivity index (χ1n) is 9.43. The van der Waals surface area contributed by atoms with Gasteiger partial charge in [0.1, 0.15) is 0 Å². The van der Waals surface area contributed by atoms with Gasteiger partial charge in [-0.3, -0.25) is 18.9 Å². The molecule has 0 radical (unpaired) electrons. The van der Waals surface area contributed by atoms with Crippen molar-refractivity contribution >= 4 is 16.6 Å². The Labute approximate surface area is 170 Å². The van der Waals surface area contributed by atoms with Crippen LogP contribution < -0.4 is 5.56 Å². The maximum atomic E-state index is 14.7. The van der Waals surface area contributed by atoms with Gasteiger partial charge in [-0.25, -0.2) is 4.39 Å². The molecule has 5 heterocycles. The molecule has 0 fully saturated rings. The number of hydrogen-bond donors (Lipinski definition) is 0. The van der Waals surface area contributed by atoms with E-state index in [1.54, 1.807) is 57.7 Å². The summed E-state index contributed by atoms with van der Waals surface area (Å²) in [6.07, 6.45) is 8.64. The smallest absolute Gasteiger partial charge is 0.260 e. The molecule has 30 heavy (non-hydrogen) atoms. The Morgan fingerprint density at radius 1 is 1.10 bits per heavy atom. The van der Waals surface area contributed by atoms with Crippen molar-refractivity contribution in [3.63, 3.8) is 0 Å². The molecule has 0 aromatic carbocycles. The number of aryl methyl sites for hydroxylation is 2. The van der Waals surface area contributed by atoms with E-state index in [1.807, 2.05) is 19.9 Å². The second kappa shape index (κ2) is 6.58. The summed E-state index contributed by atoms with van der Waals surface area (Å²) in [4.78, 5) is 17.4. The predicted octanol–water partition coefficient (Wildman–Crippen LogP) is 2.90. The molecule has 0 bridgehead atoms. The zero-order chi connectivity index (χ0) is 21.0. The van der Waals surface area contributed by atoms with Gasteiger partial charge in [-0.1, -0.05) is 0 Å². The highest BCUT2D eigenvalue weighted by Crippen LogP contribution is 2.24. The topological polar surface area (TPSA) is 82.9 Å². The van der Waals surface area contributed by atoms with Gasteiger partial charge < -0.3 is 4.57 Å². The summed E-state index contributed by atoms with van der Waals surface area (Å²) in [7, 11) is 1.80. The Balaban J connectivity index is 1.68. The highest BCUT2D eigenvalue weighted by Gasteiger charge is 2.20. The van der Waals surface area contributed by atoms with Gasteiger partial charge in [0.15, 0.2) is 17.3 Å². The van der Waals surface area contributed by atoms with Gasteiger partial charge in [0.25, 0.3) is 5.56 Å². The van der Waals surface area contributed by atoms with Gasteiger partial charge in [-0.15, -0.1) is 10.2 Å². The Morgan fingerprint density at radius 2 is 1.93 bits per heavy atom. The fourth-order valence-electron chi connectivity index (χ4n) is 3.65. The molecule has 0 spiro atoms. The van der Waals surface area contributed by atoms with Crippen LogP contribution in [0.15, 0.2) is 54.0 Å². The van der Waals surface area contributed by atoms with Crippen LogP contribution in [0, 0.1) is 12.7 Å². The molecule has 5 aromatic rings. The standard InChI is InChI=1S/C21H18FN7O/c1-12-6-16-18(23-8-12)4-5-28(21(16)30)13(2)19-25-26-20-17(22)7-14(11-29(19)20)15-9-24-27(3)10-15/h4-11,13H,1-3H3/t13-/m1/s1. The van der Waals surface area contributed by atoms with E-state index in [2.05, 4.69) is 20.3 Å². The van der Waals surface area contributed by atoms with Crippen LogP contribution in [0.4, 0.5) is 4.39 Å². The van der Waals surface area contributed by atoms with Crippen molar-refractivity contribution in [1.82, 2.24) is 33.9 Å². The average Bonchev–Trinajstić information content (AvgIpc) is 3.35. The summed E-state index contributed by atoms with van der Waals surface area (Å²) in [5, 5.41) is 12.9. The van der Waals surface area contributed by atoms with Gasteiger partial charge in [-0.2, -0.15) is 5.10 Å². The molecule has 9 heteroatoms. The summed E-state index contributed by atoms with van der Waals surface area (Å²) in [5.74, 6) is -0.0373. The van der Waals surface area contributed by atoms with E-state index in [4.69, 9.17) is 0 Å². The number of halogens is 1. The third kappa shape index (κ3) is 2.78. The zero-order valence-corrected chi connectivity index (χ0v) is 16.6. The third-order valence-corrected chi connectivity index (χ3v) is 5.23. The molecule has 5 rings (SSSR count). The van der Waals surface area contributed by atoms with Crippen molar-refractivity contribution in [2.45, 2.75) is 19.9 Å². The zero-order valence-electron chi connectivity index (χ0n) is 16.6. The largest absolute Gasteiger partial charge is 0.304 e. The summed E-state index contributed by atoms with van der Waals surface area (Å²) >= 11 is 0. The third-order valence-electron chi connectivity index (χ3n) is 5.23. The minimum atomic E-state index is -0.493. The number of aromatic nitrogens is 7. The lowest BCUT2D eigenvalue weighted by atomic mass is 10.1. The first-order chi connectivity index (χ1) is 14.4. The fourth-order valence-corrected chi connectivity index (χ4v) is 3.65. The minimum Gasteiger partial charge on any atom is -0.304 e. The molecule has 0 saturated heterocycles. The molecule has 8 nitrogen and oxygen atoms in total. The number of rotatable bonds is 3. The second-order valence-corrected chi connectivity index (χ2v) is 7.38. The quantitative estimate of drug-likeness (QED) is 0.463. The first kappa shape index (κ1) is 18.2. The van der Waals surface area contributed by atoms with Crippen molar-refractivity contribution in [3.8, 4) is 11.1 Å². The fraction of sp³-hybridized carbons (Fsp3) is 0.190. The SMILES string of the molecule is Cc1cnc2ccn([C@H](C)c3nnc4c(F)cc(-c5cnn(C)c5)cn34)c(=O)c2c1. The summed E-state index contributed by atoms with van der Waals surface area (Å²) < 4.78 is 19.5. The lowest BCUT2D eigenvalue weighted by Crippen LogP contribution is -2.25. The van der Waals surface area contributed by atoms with Crippen LogP contribution in [0.5, 0.6) is 0 Å². The van der Waals surface area contributed by atoms with Crippen LogP contribution in [-0.2, 0) is 7.05 Å². The molecule has 0 unspecified atom stereocenters. The van der Waals surface area contributed by atoms with E-state index in [-0.39, 0.29) is 11.2 Å².